The van der Waals surface area contributed by atoms with Crippen molar-refractivity contribution < 1.29 is 8.78 Å². The van der Waals surface area contributed by atoms with E-state index in [4.69, 9.17) is 0 Å². The second-order valence-corrected chi connectivity index (χ2v) is 4.93. The van der Waals surface area contributed by atoms with E-state index in [0.29, 0.717) is 13.1 Å². The number of piperazine rings is 1. The third kappa shape index (κ3) is 4.55. The van der Waals surface area contributed by atoms with Crippen molar-refractivity contribution in [2.45, 2.75) is 26.3 Å². The van der Waals surface area contributed by atoms with E-state index in [9.17, 15) is 8.78 Å². The molecule has 0 aromatic heterocycles. The lowest BCUT2D eigenvalue weighted by Gasteiger charge is -2.35. The van der Waals surface area contributed by atoms with Crippen LogP contribution in [0.2, 0.25) is 0 Å². The second kappa shape index (κ2) is 8.78. The minimum absolute atomic E-state index is 0. The summed E-state index contributed by atoms with van der Waals surface area (Å²) >= 11 is 0. The van der Waals surface area contributed by atoms with Crippen LogP contribution >= 0.6 is 24.8 Å². The number of hydrogen-bond acceptors (Lipinski definition) is 2. The quantitative estimate of drug-likeness (QED) is 0.916. The molecule has 1 saturated heterocycles. The Labute approximate surface area is 131 Å². The van der Waals surface area contributed by atoms with Gasteiger partial charge >= 0.3 is 0 Å². The normalized spacial score (nSPS) is 17.2. The van der Waals surface area contributed by atoms with Crippen LogP contribution in [-0.2, 0) is 0 Å². The zero-order valence-electron chi connectivity index (χ0n) is 11.7. The first-order valence-electron chi connectivity index (χ1n) is 6.39. The molecule has 0 bridgehead atoms. The van der Waals surface area contributed by atoms with Crippen LogP contribution < -0.4 is 5.32 Å². The van der Waals surface area contributed by atoms with E-state index in [1.54, 1.807) is 0 Å². The average Bonchev–Trinajstić information content (AvgIpc) is 2.33. The molecule has 2 nitrogen and oxygen atoms in total. The highest BCUT2D eigenvalue weighted by Gasteiger charge is 2.30. The van der Waals surface area contributed by atoms with Crippen molar-refractivity contribution in [2.24, 2.45) is 0 Å². The number of alkyl halides is 2. The maximum absolute atomic E-state index is 13.4. The number of nitrogens with one attached hydrogen (secondary N) is 1. The number of aryl methyl sites for hydroxylation is 2. The summed E-state index contributed by atoms with van der Waals surface area (Å²) in [6.07, 6.45) is -2.34. The summed E-state index contributed by atoms with van der Waals surface area (Å²) in [6, 6.07) is 4.98. The highest BCUT2D eigenvalue weighted by molar-refractivity contribution is 5.85. The lowest BCUT2D eigenvalue weighted by Crippen LogP contribution is -2.47. The van der Waals surface area contributed by atoms with Gasteiger partial charge in [-0.1, -0.05) is 23.8 Å². The highest BCUT2D eigenvalue weighted by atomic mass is 35.5. The molecule has 1 N–H and O–H groups in total. The number of hydrogen-bond donors (Lipinski definition) is 1. The molecule has 0 unspecified atom stereocenters. The van der Waals surface area contributed by atoms with Crippen molar-refractivity contribution in [3.8, 4) is 0 Å². The van der Waals surface area contributed by atoms with E-state index in [1.807, 2.05) is 36.9 Å². The predicted octanol–water partition coefficient (Wildman–Crippen LogP) is 3.36. The van der Waals surface area contributed by atoms with Gasteiger partial charge in [0.25, 0.3) is 6.43 Å². The zero-order chi connectivity index (χ0) is 13.1. The Balaban J connectivity index is 0.00000180. The number of halogens is 4. The fourth-order valence-electron chi connectivity index (χ4n) is 2.61. The monoisotopic (exact) mass is 326 g/mol. The third-order valence-electron chi connectivity index (χ3n) is 3.53. The second-order valence-electron chi connectivity index (χ2n) is 4.93. The summed E-state index contributed by atoms with van der Waals surface area (Å²) in [5, 5.41) is 3.20. The highest BCUT2D eigenvalue weighted by Crippen LogP contribution is 2.30. The summed E-state index contributed by atoms with van der Waals surface area (Å²) in [6.45, 7) is 6.84. The Morgan fingerprint density at radius 3 is 2.20 bits per heavy atom. The molecule has 0 spiro atoms. The first-order chi connectivity index (χ1) is 8.59. The zero-order valence-corrected chi connectivity index (χ0v) is 13.4. The Morgan fingerprint density at radius 1 is 1.10 bits per heavy atom. The minimum Gasteiger partial charge on any atom is -0.314 e. The molecular formula is C14H22Cl2F2N2. The largest absolute Gasteiger partial charge is 0.314 e. The van der Waals surface area contributed by atoms with Crippen molar-refractivity contribution in [3.05, 3.63) is 34.9 Å². The molecule has 1 aromatic rings. The van der Waals surface area contributed by atoms with Crippen LogP contribution in [-0.4, -0.2) is 37.5 Å². The molecule has 0 radical (unpaired) electrons. The van der Waals surface area contributed by atoms with E-state index < -0.39 is 12.5 Å². The molecule has 1 aliphatic rings. The standard InChI is InChI=1S/C14H20F2N2.2ClH/c1-10-3-4-12(11(2)9-10)13(14(15)16)18-7-5-17-6-8-18;;/h3-4,9,13-14,17H,5-8H2,1-2H3;2*1H/t13-;;/m1../s1. The van der Waals surface area contributed by atoms with E-state index in [-0.39, 0.29) is 24.8 Å². The first-order valence-corrected chi connectivity index (χ1v) is 6.39. The summed E-state index contributed by atoms with van der Waals surface area (Å²) < 4.78 is 26.8. The fraction of sp³-hybridized carbons (Fsp3) is 0.571. The fourth-order valence-corrected chi connectivity index (χ4v) is 2.61. The van der Waals surface area contributed by atoms with Crippen LogP contribution in [0.25, 0.3) is 0 Å². The van der Waals surface area contributed by atoms with Gasteiger partial charge in [-0.3, -0.25) is 4.90 Å². The van der Waals surface area contributed by atoms with Gasteiger partial charge in [-0.25, -0.2) is 8.78 Å². The van der Waals surface area contributed by atoms with Crippen LogP contribution in [0.4, 0.5) is 8.78 Å². The summed E-state index contributed by atoms with van der Waals surface area (Å²) in [4.78, 5) is 1.89. The first kappa shape index (κ1) is 19.6. The van der Waals surface area contributed by atoms with Crippen LogP contribution in [0.1, 0.15) is 22.7 Å². The predicted molar refractivity (Wildman–Crippen MR) is 83.6 cm³/mol. The van der Waals surface area contributed by atoms with Crippen LogP contribution in [0, 0.1) is 13.8 Å². The Kier molecular flexibility index (Phi) is 8.59. The van der Waals surface area contributed by atoms with Gasteiger partial charge in [-0.05, 0) is 25.0 Å². The Hall–Kier alpha value is -0.420. The molecule has 1 aliphatic heterocycles. The molecule has 1 atom stereocenters. The van der Waals surface area contributed by atoms with Gasteiger partial charge in [0.05, 0.1) is 6.04 Å². The van der Waals surface area contributed by atoms with Gasteiger partial charge in [0.2, 0.25) is 0 Å². The van der Waals surface area contributed by atoms with E-state index in [2.05, 4.69) is 5.32 Å². The smallest absolute Gasteiger partial charge is 0.258 e. The van der Waals surface area contributed by atoms with Gasteiger partial charge < -0.3 is 5.32 Å². The van der Waals surface area contributed by atoms with Crippen LogP contribution in [0.5, 0.6) is 0 Å². The minimum atomic E-state index is -2.34. The van der Waals surface area contributed by atoms with Gasteiger partial charge in [0.1, 0.15) is 0 Å². The molecule has 1 heterocycles. The number of rotatable bonds is 3. The Bertz CT molecular complexity index is 410. The molecule has 0 amide bonds. The molecule has 0 saturated carbocycles. The molecule has 1 aromatic carbocycles. The summed E-state index contributed by atoms with van der Waals surface area (Å²) in [5.41, 5.74) is 2.83. The lowest BCUT2D eigenvalue weighted by molar-refractivity contribution is 0.0178. The molecule has 0 aliphatic carbocycles. The maximum atomic E-state index is 13.4. The topological polar surface area (TPSA) is 15.3 Å². The molecule has 2 rings (SSSR count). The van der Waals surface area contributed by atoms with Crippen molar-refractivity contribution in [2.75, 3.05) is 26.2 Å². The van der Waals surface area contributed by atoms with Gasteiger partial charge in [-0.15, -0.1) is 24.8 Å². The van der Waals surface area contributed by atoms with E-state index in [1.165, 1.54) is 0 Å². The van der Waals surface area contributed by atoms with E-state index in [0.717, 1.165) is 29.8 Å². The number of benzene rings is 1. The molecule has 1 fully saturated rings. The van der Waals surface area contributed by atoms with Gasteiger partial charge in [-0.2, -0.15) is 0 Å². The SMILES string of the molecule is Cc1ccc([C@H](C(F)F)N2CCNCC2)c(C)c1.Cl.Cl. The summed E-state index contributed by atoms with van der Waals surface area (Å²) in [5.74, 6) is 0. The van der Waals surface area contributed by atoms with Crippen molar-refractivity contribution >= 4 is 24.8 Å². The van der Waals surface area contributed by atoms with Crippen LogP contribution in [0.15, 0.2) is 18.2 Å². The lowest BCUT2D eigenvalue weighted by atomic mass is 9.98. The Morgan fingerprint density at radius 2 is 1.70 bits per heavy atom. The number of nitrogens with zero attached hydrogens (tertiary/aromatic N) is 1. The van der Waals surface area contributed by atoms with Crippen molar-refractivity contribution in [3.63, 3.8) is 0 Å². The van der Waals surface area contributed by atoms with Crippen molar-refractivity contribution in [1.82, 2.24) is 10.2 Å². The molecule has 20 heavy (non-hydrogen) atoms. The maximum Gasteiger partial charge on any atom is 0.258 e. The van der Waals surface area contributed by atoms with Crippen molar-refractivity contribution in [1.29, 1.82) is 0 Å². The van der Waals surface area contributed by atoms with E-state index >= 15 is 0 Å². The molecular weight excluding hydrogens is 305 g/mol. The van der Waals surface area contributed by atoms with Gasteiger partial charge in [0.15, 0.2) is 0 Å². The average molecular weight is 327 g/mol. The van der Waals surface area contributed by atoms with Crippen LogP contribution in [0.3, 0.4) is 0 Å². The molecule has 6 heteroatoms. The molecule has 116 valence electrons. The third-order valence-corrected chi connectivity index (χ3v) is 3.53. The summed E-state index contributed by atoms with van der Waals surface area (Å²) in [7, 11) is 0. The van der Waals surface area contributed by atoms with Gasteiger partial charge in [0, 0.05) is 26.2 Å².